The van der Waals surface area contributed by atoms with Gasteiger partial charge in [-0.05, 0) is 13.3 Å². The van der Waals surface area contributed by atoms with Crippen LogP contribution in [0.4, 0.5) is 11.8 Å². The first-order valence-corrected chi connectivity index (χ1v) is 7.19. The maximum Gasteiger partial charge on any atom is 0.248 e. The summed E-state index contributed by atoms with van der Waals surface area (Å²) in [5.41, 5.74) is 7.12. The van der Waals surface area contributed by atoms with Crippen molar-refractivity contribution in [2.45, 2.75) is 33.2 Å². The van der Waals surface area contributed by atoms with Crippen LogP contribution in [0, 0.1) is 6.92 Å². The lowest BCUT2D eigenvalue weighted by molar-refractivity contribution is 0.363. The van der Waals surface area contributed by atoms with Crippen LogP contribution in [0.2, 0.25) is 0 Å². The zero-order valence-corrected chi connectivity index (χ0v) is 12.6. The molecule has 0 bridgehead atoms. The Balaban J connectivity index is 1.89. The highest BCUT2D eigenvalue weighted by Crippen LogP contribution is 2.20. The summed E-state index contributed by atoms with van der Waals surface area (Å²) < 4.78 is 6.79. The SMILES string of the molecule is CCCCNc1nc(N)nc2cn(Cc3nc(C)no3)nc12. The van der Waals surface area contributed by atoms with Crippen molar-refractivity contribution in [2.24, 2.45) is 0 Å². The predicted molar refractivity (Wildman–Crippen MR) is 81.3 cm³/mol. The normalized spacial score (nSPS) is 11.2. The number of nitrogens with two attached hydrogens (primary N) is 1. The molecule has 9 heteroatoms. The van der Waals surface area contributed by atoms with Crippen LogP contribution in [0.3, 0.4) is 0 Å². The van der Waals surface area contributed by atoms with Gasteiger partial charge in [-0.25, -0.2) is 4.98 Å². The Hall–Kier alpha value is -2.71. The zero-order valence-electron chi connectivity index (χ0n) is 12.6. The van der Waals surface area contributed by atoms with Crippen LogP contribution in [-0.2, 0) is 6.54 Å². The lowest BCUT2D eigenvalue weighted by atomic mass is 10.3. The van der Waals surface area contributed by atoms with Crippen LogP contribution in [0.25, 0.3) is 11.0 Å². The summed E-state index contributed by atoms with van der Waals surface area (Å²) in [5.74, 6) is 1.96. The largest absolute Gasteiger partial charge is 0.368 e. The Morgan fingerprint density at radius 1 is 1.32 bits per heavy atom. The number of anilines is 2. The molecule has 3 rings (SSSR count). The number of nitrogens with zero attached hydrogens (tertiary/aromatic N) is 6. The van der Waals surface area contributed by atoms with E-state index in [1.54, 1.807) is 17.8 Å². The van der Waals surface area contributed by atoms with Gasteiger partial charge in [-0.2, -0.15) is 15.1 Å². The number of aryl methyl sites for hydroxylation is 1. The van der Waals surface area contributed by atoms with Crippen molar-refractivity contribution in [1.82, 2.24) is 29.9 Å². The highest BCUT2D eigenvalue weighted by molar-refractivity contribution is 5.85. The maximum absolute atomic E-state index is 5.75. The first kappa shape index (κ1) is 14.2. The Morgan fingerprint density at radius 2 is 2.18 bits per heavy atom. The van der Waals surface area contributed by atoms with Gasteiger partial charge in [0, 0.05) is 6.54 Å². The van der Waals surface area contributed by atoms with Crippen LogP contribution in [0.5, 0.6) is 0 Å². The summed E-state index contributed by atoms with van der Waals surface area (Å²) in [6, 6.07) is 0. The molecule has 116 valence electrons. The smallest absolute Gasteiger partial charge is 0.248 e. The summed E-state index contributed by atoms with van der Waals surface area (Å²) in [4.78, 5) is 12.6. The molecular weight excluding hydrogens is 284 g/mol. The van der Waals surface area contributed by atoms with Crippen molar-refractivity contribution < 1.29 is 4.52 Å². The quantitative estimate of drug-likeness (QED) is 0.655. The molecule has 0 saturated carbocycles. The van der Waals surface area contributed by atoms with Gasteiger partial charge < -0.3 is 15.6 Å². The molecule has 0 saturated heterocycles. The minimum absolute atomic E-state index is 0.222. The number of hydrogen-bond acceptors (Lipinski definition) is 8. The first-order valence-electron chi connectivity index (χ1n) is 7.19. The van der Waals surface area contributed by atoms with Crippen molar-refractivity contribution in [3.63, 3.8) is 0 Å². The highest BCUT2D eigenvalue weighted by Gasteiger charge is 2.12. The Labute approximate surface area is 126 Å². The standard InChI is InChI=1S/C13H18N8O/c1-3-4-5-15-12-11-9(17-13(14)18-12)6-21(19-11)7-10-16-8(2)20-22-10/h6H,3-5,7H2,1-2H3,(H3,14,15,17,18). The Morgan fingerprint density at radius 3 is 2.91 bits per heavy atom. The van der Waals surface area contributed by atoms with Crippen molar-refractivity contribution in [3.05, 3.63) is 17.9 Å². The van der Waals surface area contributed by atoms with Crippen molar-refractivity contribution in [1.29, 1.82) is 0 Å². The molecule has 3 aromatic heterocycles. The van der Waals surface area contributed by atoms with E-state index in [9.17, 15) is 0 Å². The molecule has 0 aliphatic carbocycles. The van der Waals surface area contributed by atoms with Crippen molar-refractivity contribution >= 4 is 22.8 Å². The molecule has 22 heavy (non-hydrogen) atoms. The number of rotatable bonds is 6. The fourth-order valence-electron chi connectivity index (χ4n) is 2.11. The number of nitrogen functional groups attached to an aromatic ring is 1. The van der Waals surface area contributed by atoms with Crippen LogP contribution in [0.15, 0.2) is 10.7 Å². The minimum Gasteiger partial charge on any atom is -0.368 e. The molecule has 3 aromatic rings. The second kappa shape index (κ2) is 5.96. The molecule has 0 aliphatic rings. The van der Waals surface area contributed by atoms with E-state index >= 15 is 0 Å². The van der Waals surface area contributed by atoms with Gasteiger partial charge in [0.1, 0.15) is 12.1 Å². The molecular formula is C13H18N8O. The summed E-state index contributed by atoms with van der Waals surface area (Å²) in [5, 5.41) is 11.5. The third-order valence-electron chi connectivity index (χ3n) is 3.12. The molecule has 0 atom stereocenters. The van der Waals surface area contributed by atoms with E-state index in [-0.39, 0.29) is 5.95 Å². The number of fused-ring (bicyclic) bond motifs is 1. The fourth-order valence-corrected chi connectivity index (χ4v) is 2.11. The second-order valence-electron chi connectivity index (χ2n) is 5.01. The number of aromatic nitrogens is 6. The summed E-state index contributed by atoms with van der Waals surface area (Å²) in [6.07, 6.45) is 3.94. The minimum atomic E-state index is 0.222. The third kappa shape index (κ3) is 2.97. The van der Waals surface area contributed by atoms with Gasteiger partial charge in [-0.1, -0.05) is 18.5 Å². The van der Waals surface area contributed by atoms with Crippen molar-refractivity contribution in [2.75, 3.05) is 17.6 Å². The molecule has 3 heterocycles. The van der Waals surface area contributed by atoms with E-state index in [2.05, 4.69) is 37.4 Å². The van der Waals surface area contributed by atoms with Crippen molar-refractivity contribution in [3.8, 4) is 0 Å². The van der Waals surface area contributed by atoms with E-state index in [4.69, 9.17) is 10.3 Å². The zero-order chi connectivity index (χ0) is 15.5. The number of nitrogens with one attached hydrogen (secondary N) is 1. The Kier molecular flexibility index (Phi) is 3.86. The average molecular weight is 302 g/mol. The molecule has 0 spiro atoms. The lowest BCUT2D eigenvalue weighted by Crippen LogP contribution is -2.06. The van der Waals surface area contributed by atoms with Crippen LogP contribution in [-0.4, -0.2) is 36.4 Å². The molecule has 0 amide bonds. The molecule has 0 aliphatic heterocycles. The number of hydrogen-bond donors (Lipinski definition) is 2. The maximum atomic E-state index is 5.75. The van der Waals surface area contributed by atoms with Gasteiger partial charge in [0.05, 0.1) is 6.20 Å². The van der Waals surface area contributed by atoms with E-state index in [1.807, 2.05) is 0 Å². The third-order valence-corrected chi connectivity index (χ3v) is 3.12. The monoisotopic (exact) mass is 302 g/mol. The predicted octanol–water partition coefficient (Wildman–Crippen LogP) is 1.36. The molecule has 9 nitrogen and oxygen atoms in total. The Bertz CT molecular complexity index is 778. The van der Waals surface area contributed by atoms with E-state index < -0.39 is 0 Å². The van der Waals surface area contributed by atoms with Crippen LogP contribution >= 0.6 is 0 Å². The van der Waals surface area contributed by atoms with E-state index in [0.717, 1.165) is 19.4 Å². The molecule has 3 N–H and O–H groups in total. The molecule has 0 unspecified atom stereocenters. The highest BCUT2D eigenvalue weighted by atomic mass is 16.5. The lowest BCUT2D eigenvalue weighted by Gasteiger charge is -2.05. The van der Waals surface area contributed by atoms with Gasteiger partial charge in [0.15, 0.2) is 17.2 Å². The average Bonchev–Trinajstić information content (AvgIpc) is 3.05. The second-order valence-corrected chi connectivity index (χ2v) is 5.01. The topological polar surface area (TPSA) is 121 Å². The van der Waals surface area contributed by atoms with Gasteiger partial charge in [-0.15, -0.1) is 0 Å². The first-order chi connectivity index (χ1) is 10.7. The van der Waals surface area contributed by atoms with Gasteiger partial charge in [0.25, 0.3) is 0 Å². The molecule has 0 fully saturated rings. The number of unbranched alkanes of at least 4 members (excludes halogenated alkanes) is 1. The van der Waals surface area contributed by atoms with Gasteiger partial charge in [0.2, 0.25) is 11.8 Å². The van der Waals surface area contributed by atoms with Crippen LogP contribution < -0.4 is 11.1 Å². The molecule has 0 radical (unpaired) electrons. The van der Waals surface area contributed by atoms with Crippen LogP contribution in [0.1, 0.15) is 31.5 Å². The fraction of sp³-hybridized carbons (Fsp3) is 0.462. The summed E-state index contributed by atoms with van der Waals surface area (Å²) in [6.45, 7) is 5.10. The van der Waals surface area contributed by atoms with Gasteiger partial charge >= 0.3 is 0 Å². The summed E-state index contributed by atoms with van der Waals surface area (Å²) >= 11 is 0. The van der Waals surface area contributed by atoms with Gasteiger partial charge in [-0.3, -0.25) is 4.68 Å². The van der Waals surface area contributed by atoms with E-state index in [1.165, 1.54) is 0 Å². The van der Waals surface area contributed by atoms with E-state index in [0.29, 0.717) is 35.1 Å². The summed E-state index contributed by atoms with van der Waals surface area (Å²) in [7, 11) is 0. The molecule has 0 aromatic carbocycles.